The van der Waals surface area contributed by atoms with Gasteiger partial charge < -0.3 is 4.74 Å². The maximum Gasteiger partial charge on any atom is 0.129 e. The van der Waals surface area contributed by atoms with E-state index < -0.39 is 0 Å². The highest BCUT2D eigenvalue weighted by Crippen LogP contribution is 2.13. The zero-order valence-electron chi connectivity index (χ0n) is 8.84. The number of rotatable bonds is 5. The summed E-state index contributed by atoms with van der Waals surface area (Å²) in [4.78, 5) is 4.29. The van der Waals surface area contributed by atoms with Gasteiger partial charge >= 0.3 is 0 Å². The van der Waals surface area contributed by atoms with Crippen LogP contribution in [-0.2, 0) is 4.74 Å². The van der Waals surface area contributed by atoms with Crippen molar-refractivity contribution >= 4 is 33.7 Å². The quantitative estimate of drug-likeness (QED) is 0.621. The number of hydrogen-bond acceptors (Lipinski definition) is 3. The van der Waals surface area contributed by atoms with E-state index in [1.54, 1.807) is 20.2 Å². The maximum absolute atomic E-state index is 5.75. The normalized spacial score (nSPS) is 18.1. The first-order chi connectivity index (χ1) is 6.52. The van der Waals surface area contributed by atoms with Crippen molar-refractivity contribution in [2.45, 2.75) is 26.1 Å². The van der Waals surface area contributed by atoms with E-state index in [0.29, 0.717) is 5.03 Å². The van der Waals surface area contributed by atoms with Crippen LogP contribution in [0.25, 0.3) is 0 Å². The molecule has 0 aliphatic heterocycles. The molecule has 0 bridgehead atoms. The molecule has 3 nitrogen and oxygen atoms in total. The predicted octanol–water partition coefficient (Wildman–Crippen LogP) is 2.50. The molecule has 1 N–H and O–H groups in total. The fourth-order valence-corrected chi connectivity index (χ4v) is 1.07. The lowest BCUT2D eigenvalue weighted by atomic mass is 10.3. The molecule has 0 saturated carbocycles. The third kappa shape index (κ3) is 5.10. The summed E-state index contributed by atoms with van der Waals surface area (Å²) in [6, 6.07) is 0.0357. The van der Waals surface area contributed by atoms with Gasteiger partial charge in [0.15, 0.2) is 0 Å². The van der Waals surface area contributed by atoms with Crippen LogP contribution >= 0.6 is 27.5 Å². The highest BCUT2D eigenvalue weighted by Gasteiger charge is 2.11. The van der Waals surface area contributed by atoms with E-state index in [-0.39, 0.29) is 12.3 Å². The van der Waals surface area contributed by atoms with Crippen LogP contribution in [0.5, 0.6) is 0 Å². The van der Waals surface area contributed by atoms with E-state index in [1.165, 1.54) is 0 Å². The lowest BCUT2D eigenvalue weighted by Gasteiger charge is -2.18. The standard InChI is InChI=1S/C9H16BrClN2O/c1-6(11)8(10)5-13-7(2)9(12-3)14-4/h5,7,9,12H,1-4H3/b8-6-,13-5?/t7-,9?/m0/s1. The Balaban J connectivity index is 4.30. The number of allylic oxidation sites excluding steroid dienone is 2. The van der Waals surface area contributed by atoms with Crippen molar-refractivity contribution in [1.82, 2.24) is 5.32 Å². The van der Waals surface area contributed by atoms with E-state index in [2.05, 4.69) is 26.2 Å². The van der Waals surface area contributed by atoms with Gasteiger partial charge in [-0.05, 0) is 36.8 Å². The van der Waals surface area contributed by atoms with Gasteiger partial charge in [0.05, 0.1) is 6.04 Å². The molecular formula is C9H16BrClN2O. The molecule has 0 fully saturated rings. The molecule has 0 saturated heterocycles. The zero-order chi connectivity index (χ0) is 11.1. The fourth-order valence-electron chi connectivity index (χ4n) is 0.906. The largest absolute Gasteiger partial charge is 0.364 e. The van der Waals surface area contributed by atoms with Gasteiger partial charge in [-0.1, -0.05) is 11.6 Å². The van der Waals surface area contributed by atoms with Crippen LogP contribution in [0.2, 0.25) is 0 Å². The Morgan fingerprint density at radius 1 is 1.64 bits per heavy atom. The van der Waals surface area contributed by atoms with Crippen LogP contribution in [-0.4, -0.2) is 32.6 Å². The number of methoxy groups -OCH3 is 1. The van der Waals surface area contributed by atoms with Gasteiger partial charge in [0.2, 0.25) is 0 Å². The molecule has 1 unspecified atom stereocenters. The Morgan fingerprint density at radius 2 is 2.21 bits per heavy atom. The molecule has 5 heteroatoms. The van der Waals surface area contributed by atoms with Gasteiger partial charge in [-0.3, -0.25) is 10.3 Å². The molecule has 0 rings (SSSR count). The molecule has 2 atom stereocenters. The van der Waals surface area contributed by atoms with Crippen molar-refractivity contribution < 1.29 is 4.74 Å². The van der Waals surface area contributed by atoms with E-state index in [4.69, 9.17) is 16.3 Å². The van der Waals surface area contributed by atoms with Crippen molar-refractivity contribution in [3.63, 3.8) is 0 Å². The molecule has 0 spiro atoms. The molecule has 0 aliphatic rings. The summed E-state index contributed by atoms with van der Waals surface area (Å²) in [6.07, 6.45) is 1.61. The van der Waals surface area contributed by atoms with Gasteiger partial charge in [-0.2, -0.15) is 0 Å². The summed E-state index contributed by atoms with van der Waals surface area (Å²) in [5.41, 5.74) is 0. The minimum atomic E-state index is -0.0813. The zero-order valence-corrected chi connectivity index (χ0v) is 11.2. The second-order valence-electron chi connectivity index (χ2n) is 2.85. The first-order valence-corrected chi connectivity index (χ1v) is 5.45. The van der Waals surface area contributed by atoms with Crippen molar-refractivity contribution in [3.05, 3.63) is 9.51 Å². The molecule has 82 valence electrons. The van der Waals surface area contributed by atoms with Crippen LogP contribution < -0.4 is 5.32 Å². The lowest BCUT2D eigenvalue weighted by molar-refractivity contribution is 0.0647. The van der Waals surface area contributed by atoms with Crippen molar-refractivity contribution in [2.24, 2.45) is 4.99 Å². The van der Waals surface area contributed by atoms with Crippen LogP contribution in [0.3, 0.4) is 0 Å². The lowest BCUT2D eigenvalue weighted by Crippen LogP contribution is -2.36. The summed E-state index contributed by atoms with van der Waals surface area (Å²) in [5.74, 6) is 0. The van der Waals surface area contributed by atoms with Gasteiger partial charge in [-0.25, -0.2) is 0 Å². The monoisotopic (exact) mass is 282 g/mol. The van der Waals surface area contributed by atoms with Gasteiger partial charge in [0.25, 0.3) is 0 Å². The molecule has 0 radical (unpaired) electrons. The summed E-state index contributed by atoms with van der Waals surface area (Å²) < 4.78 is 5.95. The molecule has 14 heavy (non-hydrogen) atoms. The van der Waals surface area contributed by atoms with E-state index in [1.807, 2.05) is 14.0 Å². The summed E-state index contributed by atoms with van der Waals surface area (Å²) >= 11 is 9.05. The van der Waals surface area contributed by atoms with Crippen LogP contribution in [0, 0.1) is 0 Å². The molecular weight excluding hydrogens is 267 g/mol. The number of halogens is 2. The number of hydrogen-bond donors (Lipinski definition) is 1. The number of nitrogens with one attached hydrogen (secondary N) is 1. The van der Waals surface area contributed by atoms with Crippen molar-refractivity contribution in [3.8, 4) is 0 Å². The summed E-state index contributed by atoms with van der Waals surface area (Å²) in [5, 5.41) is 3.68. The Kier molecular flexibility index (Phi) is 7.45. The average molecular weight is 284 g/mol. The Labute approximate surface area is 98.7 Å². The third-order valence-corrected chi connectivity index (χ3v) is 2.96. The van der Waals surface area contributed by atoms with Crippen molar-refractivity contribution in [1.29, 1.82) is 0 Å². The topological polar surface area (TPSA) is 33.6 Å². The predicted molar refractivity (Wildman–Crippen MR) is 65.3 cm³/mol. The molecule has 0 aromatic heterocycles. The Hall–Kier alpha value is 0.1000. The first kappa shape index (κ1) is 14.1. The number of nitrogens with zero attached hydrogens (tertiary/aromatic N) is 1. The smallest absolute Gasteiger partial charge is 0.129 e. The van der Waals surface area contributed by atoms with Gasteiger partial charge in [-0.15, -0.1) is 0 Å². The van der Waals surface area contributed by atoms with Gasteiger partial charge in [0, 0.05) is 22.8 Å². The molecule has 0 aromatic rings. The molecule has 0 aliphatic carbocycles. The second kappa shape index (κ2) is 7.40. The highest BCUT2D eigenvalue weighted by atomic mass is 79.9. The van der Waals surface area contributed by atoms with Crippen LogP contribution in [0.1, 0.15) is 13.8 Å². The Bertz CT molecular complexity index is 223. The number of ether oxygens (including phenoxy) is 1. The Morgan fingerprint density at radius 3 is 2.57 bits per heavy atom. The minimum Gasteiger partial charge on any atom is -0.364 e. The second-order valence-corrected chi connectivity index (χ2v) is 4.27. The summed E-state index contributed by atoms with van der Waals surface area (Å²) in [6.45, 7) is 3.76. The molecule has 0 aromatic carbocycles. The molecule has 0 heterocycles. The van der Waals surface area contributed by atoms with Gasteiger partial charge in [0.1, 0.15) is 6.23 Å². The van der Waals surface area contributed by atoms with Crippen molar-refractivity contribution in [2.75, 3.05) is 14.2 Å². The fraction of sp³-hybridized carbons (Fsp3) is 0.667. The SMILES string of the molecule is CNC(OC)[C@H](C)N=C/C(Br)=C(\C)Cl. The van der Waals surface area contributed by atoms with Crippen LogP contribution in [0.4, 0.5) is 0 Å². The first-order valence-electron chi connectivity index (χ1n) is 4.28. The number of likely N-dealkylation sites (N-methyl/N-ethyl adjacent to an activating group) is 1. The average Bonchev–Trinajstić information content (AvgIpc) is 2.15. The number of aliphatic imine (C=N–C) groups is 1. The molecule has 0 amide bonds. The summed E-state index contributed by atoms with van der Waals surface area (Å²) in [7, 11) is 3.47. The van der Waals surface area contributed by atoms with E-state index in [9.17, 15) is 0 Å². The van der Waals surface area contributed by atoms with E-state index >= 15 is 0 Å². The highest BCUT2D eigenvalue weighted by molar-refractivity contribution is 9.12. The maximum atomic E-state index is 5.75. The minimum absolute atomic E-state index is 0.0357. The van der Waals surface area contributed by atoms with Crippen LogP contribution in [0.15, 0.2) is 14.5 Å². The van der Waals surface area contributed by atoms with E-state index in [0.717, 1.165) is 4.48 Å². The third-order valence-electron chi connectivity index (χ3n) is 1.73.